The molecule has 170 valence electrons. The standard InChI is InChI=1S/C23H23ClF3N3O2/c24-18-7-9-19(10-8-18)30-20(16-5-4-6-17(13-16)23(25,26)27)14-29(22(30)32)15-21(31)28-11-2-1-3-12-28/h4-10,13,20H,1-3,11-12,14-15H2. The number of anilines is 1. The number of nitrogens with zero attached hydrogens (tertiary/aromatic N) is 3. The summed E-state index contributed by atoms with van der Waals surface area (Å²) in [5.74, 6) is -0.140. The van der Waals surface area contributed by atoms with Gasteiger partial charge in [0.25, 0.3) is 0 Å². The van der Waals surface area contributed by atoms with Crippen LogP contribution in [-0.4, -0.2) is 47.9 Å². The highest BCUT2D eigenvalue weighted by Crippen LogP contribution is 2.37. The normalized spacial score (nSPS) is 19.6. The molecule has 2 aromatic carbocycles. The molecule has 3 amide bonds. The topological polar surface area (TPSA) is 43.9 Å². The lowest BCUT2D eigenvalue weighted by Gasteiger charge is -2.28. The van der Waals surface area contributed by atoms with E-state index >= 15 is 0 Å². The fraction of sp³-hybridized carbons (Fsp3) is 0.391. The van der Waals surface area contributed by atoms with Gasteiger partial charge in [0.15, 0.2) is 0 Å². The predicted octanol–water partition coefficient (Wildman–Crippen LogP) is 5.35. The third-order valence-electron chi connectivity index (χ3n) is 5.92. The fourth-order valence-corrected chi connectivity index (χ4v) is 4.39. The van der Waals surface area contributed by atoms with Gasteiger partial charge in [-0.1, -0.05) is 23.7 Å². The average Bonchev–Trinajstić information content (AvgIpc) is 3.10. The molecular weight excluding hydrogens is 443 g/mol. The van der Waals surface area contributed by atoms with E-state index in [1.165, 1.54) is 15.9 Å². The minimum absolute atomic E-state index is 0.0988. The van der Waals surface area contributed by atoms with Crippen molar-refractivity contribution in [3.63, 3.8) is 0 Å². The van der Waals surface area contributed by atoms with Gasteiger partial charge in [0.1, 0.15) is 6.54 Å². The SMILES string of the molecule is O=C(CN1CC(c2cccc(C(F)(F)F)c2)N(c2ccc(Cl)cc2)C1=O)N1CCCCC1. The number of amides is 3. The molecule has 0 spiro atoms. The molecule has 2 aliphatic heterocycles. The van der Waals surface area contributed by atoms with Crippen molar-refractivity contribution in [1.29, 1.82) is 0 Å². The number of carbonyl (C=O) groups excluding carboxylic acids is 2. The van der Waals surface area contributed by atoms with Gasteiger partial charge in [-0.05, 0) is 61.2 Å². The minimum atomic E-state index is -4.49. The molecule has 9 heteroatoms. The Bertz CT molecular complexity index is 991. The minimum Gasteiger partial charge on any atom is -0.341 e. The monoisotopic (exact) mass is 465 g/mol. The van der Waals surface area contributed by atoms with E-state index in [4.69, 9.17) is 11.6 Å². The van der Waals surface area contributed by atoms with Crippen molar-refractivity contribution in [3.8, 4) is 0 Å². The van der Waals surface area contributed by atoms with Crippen LogP contribution in [0.2, 0.25) is 5.02 Å². The molecule has 0 aliphatic carbocycles. The van der Waals surface area contributed by atoms with Crippen molar-refractivity contribution in [2.24, 2.45) is 0 Å². The van der Waals surface area contributed by atoms with Crippen molar-refractivity contribution in [2.75, 3.05) is 31.1 Å². The Morgan fingerprint density at radius 2 is 1.72 bits per heavy atom. The fourth-order valence-electron chi connectivity index (χ4n) is 4.26. The molecule has 0 N–H and O–H groups in total. The maximum Gasteiger partial charge on any atom is 0.416 e. The van der Waals surface area contributed by atoms with Gasteiger partial charge in [-0.25, -0.2) is 4.79 Å². The number of alkyl halides is 3. The van der Waals surface area contributed by atoms with Gasteiger partial charge in [-0.2, -0.15) is 13.2 Å². The highest BCUT2D eigenvalue weighted by Gasteiger charge is 2.41. The van der Waals surface area contributed by atoms with Crippen LogP contribution < -0.4 is 4.90 Å². The lowest BCUT2D eigenvalue weighted by Crippen LogP contribution is -2.44. The number of likely N-dealkylation sites (tertiary alicyclic amines) is 1. The van der Waals surface area contributed by atoms with Crippen LogP contribution in [0, 0.1) is 0 Å². The van der Waals surface area contributed by atoms with Gasteiger partial charge in [-0.15, -0.1) is 0 Å². The van der Waals surface area contributed by atoms with Crippen LogP contribution in [-0.2, 0) is 11.0 Å². The molecular formula is C23H23ClF3N3O2. The molecule has 2 aliphatic rings. The molecule has 1 atom stereocenters. The first-order chi connectivity index (χ1) is 15.2. The number of halogens is 4. The number of hydrogen-bond acceptors (Lipinski definition) is 2. The molecule has 0 saturated carbocycles. The first-order valence-corrected chi connectivity index (χ1v) is 10.9. The maximum atomic E-state index is 13.3. The zero-order valence-corrected chi connectivity index (χ0v) is 18.1. The van der Waals surface area contributed by atoms with Crippen molar-refractivity contribution in [1.82, 2.24) is 9.80 Å². The molecule has 0 bridgehead atoms. The maximum absolute atomic E-state index is 13.3. The van der Waals surface area contributed by atoms with Crippen molar-refractivity contribution in [3.05, 3.63) is 64.7 Å². The van der Waals surface area contributed by atoms with E-state index in [1.54, 1.807) is 35.2 Å². The van der Waals surface area contributed by atoms with Gasteiger partial charge >= 0.3 is 12.2 Å². The summed E-state index contributed by atoms with van der Waals surface area (Å²) in [4.78, 5) is 30.7. The van der Waals surface area contributed by atoms with E-state index in [0.717, 1.165) is 31.4 Å². The van der Waals surface area contributed by atoms with E-state index in [1.807, 2.05) is 0 Å². The highest BCUT2D eigenvalue weighted by molar-refractivity contribution is 6.30. The molecule has 32 heavy (non-hydrogen) atoms. The van der Waals surface area contributed by atoms with E-state index in [-0.39, 0.29) is 19.0 Å². The summed E-state index contributed by atoms with van der Waals surface area (Å²) < 4.78 is 39.9. The molecule has 0 radical (unpaired) electrons. The largest absolute Gasteiger partial charge is 0.416 e. The van der Waals surface area contributed by atoms with E-state index in [9.17, 15) is 22.8 Å². The number of hydrogen-bond donors (Lipinski definition) is 0. The van der Waals surface area contributed by atoms with Crippen LogP contribution in [0.25, 0.3) is 0 Å². The van der Waals surface area contributed by atoms with Gasteiger partial charge in [0, 0.05) is 30.3 Å². The van der Waals surface area contributed by atoms with Crippen molar-refractivity contribution >= 4 is 29.2 Å². The van der Waals surface area contributed by atoms with Crippen LogP contribution in [0.4, 0.5) is 23.7 Å². The molecule has 2 heterocycles. The smallest absolute Gasteiger partial charge is 0.341 e. The lowest BCUT2D eigenvalue weighted by molar-refractivity contribution is -0.137. The summed E-state index contributed by atoms with van der Waals surface area (Å²) in [5.41, 5.74) is 0.0899. The molecule has 4 rings (SSSR count). The van der Waals surface area contributed by atoms with Crippen molar-refractivity contribution in [2.45, 2.75) is 31.5 Å². The molecule has 2 aromatic rings. The first kappa shape index (κ1) is 22.5. The second kappa shape index (κ2) is 9.02. The molecule has 1 unspecified atom stereocenters. The Kier molecular flexibility index (Phi) is 6.33. The first-order valence-electron chi connectivity index (χ1n) is 10.5. The summed E-state index contributed by atoms with van der Waals surface area (Å²) in [6.45, 7) is 1.35. The van der Waals surface area contributed by atoms with E-state index < -0.39 is 23.8 Å². The van der Waals surface area contributed by atoms with Crippen LogP contribution in [0.3, 0.4) is 0 Å². The second-order valence-electron chi connectivity index (χ2n) is 8.09. The number of benzene rings is 2. The summed E-state index contributed by atoms with van der Waals surface area (Å²) in [7, 11) is 0. The number of urea groups is 1. The Labute approximate surface area is 189 Å². The zero-order chi connectivity index (χ0) is 22.9. The van der Waals surface area contributed by atoms with Crippen LogP contribution in [0.5, 0.6) is 0 Å². The van der Waals surface area contributed by atoms with Crippen LogP contribution in [0.1, 0.15) is 36.4 Å². The lowest BCUT2D eigenvalue weighted by atomic mass is 10.0. The summed E-state index contributed by atoms with van der Waals surface area (Å²) in [6.07, 6.45) is -1.55. The summed E-state index contributed by atoms with van der Waals surface area (Å²) >= 11 is 5.97. The Balaban J connectivity index is 1.64. The number of piperidine rings is 1. The summed E-state index contributed by atoms with van der Waals surface area (Å²) in [5, 5.41) is 0.480. The number of carbonyl (C=O) groups is 2. The number of rotatable bonds is 4. The third kappa shape index (κ3) is 4.70. The van der Waals surface area contributed by atoms with Crippen LogP contribution in [0.15, 0.2) is 48.5 Å². The van der Waals surface area contributed by atoms with Gasteiger partial charge < -0.3 is 9.80 Å². The predicted molar refractivity (Wildman–Crippen MR) is 116 cm³/mol. The quantitative estimate of drug-likeness (QED) is 0.610. The average molecular weight is 466 g/mol. The van der Waals surface area contributed by atoms with E-state index in [2.05, 4.69) is 0 Å². The van der Waals surface area contributed by atoms with Gasteiger partial charge in [0.2, 0.25) is 5.91 Å². The second-order valence-corrected chi connectivity index (χ2v) is 8.53. The highest BCUT2D eigenvalue weighted by atomic mass is 35.5. The van der Waals surface area contributed by atoms with E-state index in [0.29, 0.717) is 29.4 Å². The molecule has 0 aromatic heterocycles. The van der Waals surface area contributed by atoms with Gasteiger partial charge in [-0.3, -0.25) is 9.69 Å². The van der Waals surface area contributed by atoms with Gasteiger partial charge in [0.05, 0.1) is 11.6 Å². The Morgan fingerprint density at radius 3 is 2.38 bits per heavy atom. The summed E-state index contributed by atoms with van der Waals surface area (Å²) in [6, 6.07) is 10.4. The Morgan fingerprint density at radius 1 is 1.03 bits per heavy atom. The van der Waals surface area contributed by atoms with Crippen LogP contribution >= 0.6 is 11.6 Å². The zero-order valence-electron chi connectivity index (χ0n) is 17.3. The third-order valence-corrected chi connectivity index (χ3v) is 6.17. The molecule has 2 fully saturated rings. The van der Waals surface area contributed by atoms with Crippen molar-refractivity contribution < 1.29 is 22.8 Å². The molecule has 5 nitrogen and oxygen atoms in total. The molecule has 2 saturated heterocycles. The Hall–Kier alpha value is -2.74.